The van der Waals surface area contributed by atoms with Crippen LogP contribution in [0.25, 0.3) is 11.0 Å². The smallest absolute Gasteiger partial charge is 0.207 e. The summed E-state index contributed by atoms with van der Waals surface area (Å²) in [5, 5.41) is 0. The van der Waals surface area contributed by atoms with Gasteiger partial charge in [-0.05, 0) is 19.1 Å². The zero-order chi connectivity index (χ0) is 13.1. The maximum absolute atomic E-state index is 12.0. The first kappa shape index (κ1) is 12.2. The highest BCUT2D eigenvalue weighted by Crippen LogP contribution is 2.10. The second kappa shape index (κ2) is 4.96. The molecule has 2 rings (SSSR count). The Balaban J connectivity index is 2.37. The average Bonchev–Trinajstić information content (AvgIpc) is 2.37. The Morgan fingerprint density at radius 2 is 1.89 bits per heavy atom. The van der Waals surface area contributed by atoms with Gasteiger partial charge in [-0.1, -0.05) is 12.1 Å². The number of carbonyl (C=O) groups is 1. The number of hydrogen-bond acceptors (Lipinski definition) is 4. The largest absolute Gasteiger partial charge is 0.381 e. The minimum absolute atomic E-state index is 0.126. The lowest BCUT2D eigenvalue weighted by Gasteiger charge is -2.11. The second-order valence-corrected chi connectivity index (χ2v) is 4.29. The quantitative estimate of drug-likeness (QED) is 0.611. The summed E-state index contributed by atoms with van der Waals surface area (Å²) in [6.07, 6.45) is 3.09. The van der Waals surface area contributed by atoms with Crippen molar-refractivity contribution in [1.29, 1.82) is 0 Å². The van der Waals surface area contributed by atoms with Gasteiger partial charge < -0.3 is 4.90 Å². The number of benzene rings is 1. The van der Waals surface area contributed by atoms with Crippen molar-refractivity contribution in [1.82, 2.24) is 14.9 Å². The summed E-state index contributed by atoms with van der Waals surface area (Å²) in [5.74, 6) is -0.126. The monoisotopic (exact) mass is 241 g/mol. The summed E-state index contributed by atoms with van der Waals surface area (Å²) in [5.41, 5.74) is 2.78. The molecule has 0 bridgehead atoms. The molecule has 1 aromatic heterocycles. The Morgan fingerprint density at radius 3 is 2.56 bits per heavy atom. The van der Waals surface area contributed by atoms with Gasteiger partial charge in [0.25, 0.3) is 0 Å². The predicted molar refractivity (Wildman–Crippen MR) is 71.3 cm³/mol. The first-order valence-electron chi connectivity index (χ1n) is 5.69. The number of rotatable bonds is 3. The molecule has 0 radical (unpaired) electrons. The summed E-state index contributed by atoms with van der Waals surface area (Å²) in [7, 11) is 3.79. The van der Waals surface area contributed by atoms with Gasteiger partial charge in [-0.25, -0.2) is 4.98 Å². The van der Waals surface area contributed by atoms with Gasteiger partial charge in [0.1, 0.15) is 5.69 Å². The Bertz CT molecular complexity index is 617. The number of fused-ring (bicyclic) bond motifs is 1. The van der Waals surface area contributed by atoms with Gasteiger partial charge in [-0.2, -0.15) is 0 Å². The van der Waals surface area contributed by atoms with Crippen LogP contribution >= 0.6 is 0 Å². The lowest BCUT2D eigenvalue weighted by atomic mass is 10.2. The van der Waals surface area contributed by atoms with Crippen LogP contribution in [-0.2, 0) is 0 Å². The number of aromatic nitrogens is 2. The molecule has 0 aliphatic heterocycles. The van der Waals surface area contributed by atoms with Gasteiger partial charge in [0.2, 0.25) is 5.78 Å². The minimum Gasteiger partial charge on any atom is -0.381 e. The van der Waals surface area contributed by atoms with E-state index in [9.17, 15) is 4.79 Å². The zero-order valence-electron chi connectivity index (χ0n) is 10.7. The van der Waals surface area contributed by atoms with E-state index in [1.54, 1.807) is 6.08 Å². The molecular formula is C14H15N3O. The van der Waals surface area contributed by atoms with Crippen LogP contribution in [0.3, 0.4) is 0 Å². The first-order valence-corrected chi connectivity index (χ1v) is 5.69. The molecule has 0 fully saturated rings. The molecule has 4 heteroatoms. The molecule has 0 saturated heterocycles. The van der Waals surface area contributed by atoms with E-state index in [0.29, 0.717) is 5.69 Å². The van der Waals surface area contributed by atoms with E-state index in [0.717, 1.165) is 16.7 Å². The number of hydrogen-bond donors (Lipinski definition) is 0. The van der Waals surface area contributed by atoms with E-state index in [4.69, 9.17) is 0 Å². The lowest BCUT2D eigenvalue weighted by Crippen LogP contribution is -2.11. The molecule has 18 heavy (non-hydrogen) atoms. The molecule has 4 nitrogen and oxygen atoms in total. The Labute approximate surface area is 106 Å². The molecule has 92 valence electrons. The maximum Gasteiger partial charge on any atom is 0.207 e. The normalized spacial score (nSPS) is 11.6. The first-order chi connectivity index (χ1) is 8.58. The molecule has 0 atom stereocenters. The van der Waals surface area contributed by atoms with Crippen LogP contribution in [0.4, 0.5) is 0 Å². The van der Waals surface area contributed by atoms with Crippen LogP contribution in [0, 0.1) is 0 Å². The number of ketones is 1. The van der Waals surface area contributed by atoms with Crippen molar-refractivity contribution in [2.24, 2.45) is 0 Å². The van der Waals surface area contributed by atoms with Crippen molar-refractivity contribution < 1.29 is 4.79 Å². The SMILES string of the molecule is CC(=CC(=O)c1cnc2ccccc2n1)N(C)C. The van der Waals surface area contributed by atoms with Crippen LogP contribution in [0.5, 0.6) is 0 Å². The molecule has 0 spiro atoms. The fourth-order valence-corrected chi connectivity index (χ4v) is 1.47. The molecule has 0 aliphatic rings. The van der Waals surface area contributed by atoms with Gasteiger partial charge in [-0.15, -0.1) is 0 Å². The predicted octanol–water partition coefficient (Wildman–Crippen LogP) is 2.28. The average molecular weight is 241 g/mol. The van der Waals surface area contributed by atoms with Gasteiger partial charge in [0.15, 0.2) is 0 Å². The molecule has 0 aliphatic carbocycles. The van der Waals surface area contributed by atoms with Crippen LogP contribution in [0.2, 0.25) is 0 Å². The van der Waals surface area contributed by atoms with Crippen molar-refractivity contribution in [3.8, 4) is 0 Å². The van der Waals surface area contributed by atoms with Crippen molar-refractivity contribution >= 4 is 16.8 Å². The molecule has 1 heterocycles. The number of nitrogens with zero attached hydrogens (tertiary/aromatic N) is 3. The third kappa shape index (κ3) is 2.53. The summed E-state index contributed by atoms with van der Waals surface area (Å²) in [4.78, 5) is 22.4. The van der Waals surface area contributed by atoms with Crippen LogP contribution in [-0.4, -0.2) is 34.7 Å². The van der Waals surface area contributed by atoms with Crippen LogP contribution in [0.15, 0.2) is 42.2 Å². The molecule has 2 aromatic rings. The summed E-state index contributed by atoms with van der Waals surface area (Å²) in [6, 6.07) is 7.50. The number of carbonyl (C=O) groups excluding carboxylic acids is 1. The van der Waals surface area contributed by atoms with E-state index in [1.165, 1.54) is 6.20 Å². The summed E-state index contributed by atoms with van der Waals surface area (Å²) >= 11 is 0. The standard InChI is InChI=1S/C14H15N3O/c1-10(17(2)3)8-14(18)13-9-15-11-6-4-5-7-12(11)16-13/h4-9H,1-3H3. The van der Waals surface area contributed by atoms with E-state index in [2.05, 4.69) is 9.97 Å². The Morgan fingerprint density at radius 1 is 1.22 bits per heavy atom. The summed E-state index contributed by atoms with van der Waals surface area (Å²) in [6.45, 7) is 1.88. The maximum atomic E-state index is 12.0. The second-order valence-electron chi connectivity index (χ2n) is 4.29. The third-order valence-corrected chi connectivity index (χ3v) is 2.75. The zero-order valence-corrected chi connectivity index (χ0v) is 10.7. The molecule has 0 unspecified atom stereocenters. The lowest BCUT2D eigenvalue weighted by molar-refractivity contribution is 0.104. The van der Waals surface area contributed by atoms with Crippen LogP contribution in [0.1, 0.15) is 17.4 Å². The summed E-state index contributed by atoms with van der Waals surface area (Å²) < 4.78 is 0. The fourth-order valence-electron chi connectivity index (χ4n) is 1.47. The Hall–Kier alpha value is -2.23. The van der Waals surface area contributed by atoms with E-state index in [-0.39, 0.29) is 5.78 Å². The number of para-hydroxylation sites is 2. The fraction of sp³-hybridized carbons (Fsp3) is 0.214. The molecular weight excluding hydrogens is 226 g/mol. The van der Waals surface area contributed by atoms with Crippen LogP contribution < -0.4 is 0 Å². The number of allylic oxidation sites excluding steroid dienone is 2. The molecule has 1 aromatic carbocycles. The van der Waals surface area contributed by atoms with Gasteiger partial charge in [0.05, 0.1) is 17.2 Å². The van der Waals surface area contributed by atoms with Crippen molar-refractivity contribution in [2.45, 2.75) is 6.92 Å². The highest BCUT2D eigenvalue weighted by Gasteiger charge is 2.07. The van der Waals surface area contributed by atoms with Crippen molar-refractivity contribution in [3.63, 3.8) is 0 Å². The third-order valence-electron chi connectivity index (χ3n) is 2.75. The van der Waals surface area contributed by atoms with Crippen molar-refractivity contribution in [2.75, 3.05) is 14.1 Å². The van der Waals surface area contributed by atoms with Gasteiger partial charge >= 0.3 is 0 Å². The topological polar surface area (TPSA) is 46.1 Å². The van der Waals surface area contributed by atoms with Gasteiger partial charge in [-0.3, -0.25) is 9.78 Å². The molecule has 0 amide bonds. The van der Waals surface area contributed by atoms with E-state index < -0.39 is 0 Å². The Kier molecular flexibility index (Phi) is 3.37. The molecule has 0 saturated carbocycles. The molecule has 0 N–H and O–H groups in total. The van der Waals surface area contributed by atoms with Crippen molar-refractivity contribution in [3.05, 3.63) is 47.9 Å². The minimum atomic E-state index is -0.126. The van der Waals surface area contributed by atoms with E-state index >= 15 is 0 Å². The highest BCUT2D eigenvalue weighted by atomic mass is 16.1. The van der Waals surface area contributed by atoms with Gasteiger partial charge in [0, 0.05) is 25.9 Å². The van der Waals surface area contributed by atoms with E-state index in [1.807, 2.05) is 50.2 Å². The highest BCUT2D eigenvalue weighted by molar-refractivity contribution is 6.04.